The van der Waals surface area contributed by atoms with Gasteiger partial charge in [0.05, 0.1) is 11.4 Å². The van der Waals surface area contributed by atoms with Gasteiger partial charge in [-0.15, -0.1) is 0 Å². The third-order valence-electron chi connectivity index (χ3n) is 7.73. The van der Waals surface area contributed by atoms with Gasteiger partial charge in [-0.05, 0) is 60.6 Å². The van der Waals surface area contributed by atoms with Crippen molar-refractivity contribution in [2.45, 2.75) is 57.2 Å². The van der Waals surface area contributed by atoms with Crippen LogP contribution < -0.4 is 10.1 Å². The summed E-state index contributed by atoms with van der Waals surface area (Å²) in [6.07, 6.45) is 6.73. The zero-order valence-electron chi connectivity index (χ0n) is 21.0. The highest BCUT2D eigenvalue weighted by molar-refractivity contribution is 5.96. The van der Waals surface area contributed by atoms with Crippen LogP contribution in [0.4, 0.5) is 11.5 Å². The second kappa shape index (κ2) is 10.2. The fourth-order valence-electron chi connectivity index (χ4n) is 5.77. The summed E-state index contributed by atoms with van der Waals surface area (Å²) in [4.78, 5) is 20.0. The average molecular weight is 508 g/mol. The van der Waals surface area contributed by atoms with Crippen molar-refractivity contribution in [2.75, 3.05) is 5.32 Å². The van der Waals surface area contributed by atoms with Crippen LogP contribution in [0.1, 0.15) is 48.4 Å². The summed E-state index contributed by atoms with van der Waals surface area (Å²) < 4.78 is 8.21. The molecule has 1 saturated carbocycles. The van der Waals surface area contributed by atoms with E-state index in [0.717, 1.165) is 59.0 Å². The monoisotopic (exact) mass is 507 g/mol. The van der Waals surface area contributed by atoms with Crippen LogP contribution in [0.25, 0.3) is 15.7 Å². The molecule has 1 fully saturated rings. The second-order valence-corrected chi connectivity index (χ2v) is 10.2. The molecule has 0 spiro atoms. The molecule has 3 atom stereocenters. The third-order valence-corrected chi connectivity index (χ3v) is 7.73. The lowest BCUT2D eigenvalue weighted by Gasteiger charge is -2.24. The minimum absolute atomic E-state index is 0.0139. The van der Waals surface area contributed by atoms with Crippen LogP contribution in [0.15, 0.2) is 60.8 Å². The van der Waals surface area contributed by atoms with E-state index in [-0.39, 0.29) is 18.0 Å². The Morgan fingerprint density at radius 3 is 2.74 bits per heavy atom. The molecule has 8 nitrogen and oxygen atoms in total. The molecule has 8 heteroatoms. The van der Waals surface area contributed by atoms with Gasteiger partial charge in [-0.2, -0.15) is 5.10 Å². The molecule has 1 unspecified atom stereocenters. The number of nitrogens with zero attached hydrogens (tertiary/aromatic N) is 4. The first-order valence-electron chi connectivity index (χ1n) is 13.1. The van der Waals surface area contributed by atoms with E-state index >= 15 is 0 Å². The first-order valence-corrected chi connectivity index (χ1v) is 13.1. The Morgan fingerprint density at radius 1 is 1.11 bits per heavy atom. The maximum absolute atomic E-state index is 11.5. The van der Waals surface area contributed by atoms with Gasteiger partial charge >= 0.3 is 5.97 Å². The molecule has 38 heavy (non-hydrogen) atoms. The van der Waals surface area contributed by atoms with E-state index in [1.165, 1.54) is 0 Å². The molecular weight excluding hydrogens is 478 g/mol. The van der Waals surface area contributed by atoms with Crippen LogP contribution in [-0.4, -0.2) is 31.9 Å². The molecule has 2 N–H and O–H groups in total. The molecule has 2 aromatic carbocycles. The number of carboxylic acids is 1. The minimum atomic E-state index is -0.756. The predicted octanol–water partition coefficient (Wildman–Crippen LogP) is 5.96. The summed E-state index contributed by atoms with van der Waals surface area (Å²) >= 11 is 0. The first kappa shape index (κ1) is 24.0. The van der Waals surface area contributed by atoms with E-state index in [4.69, 9.17) is 16.4 Å². The molecule has 4 aromatic rings. The molecule has 0 saturated heterocycles. The number of benzene rings is 2. The Labute approximate surface area is 221 Å². The number of carboxylic acid groups (broad SMARTS) is 1. The summed E-state index contributed by atoms with van der Waals surface area (Å²) in [7, 11) is 0. The van der Waals surface area contributed by atoms with Crippen LogP contribution in [0.3, 0.4) is 0 Å². The van der Waals surface area contributed by atoms with Gasteiger partial charge in [0.1, 0.15) is 18.0 Å². The molecule has 192 valence electrons. The normalized spacial score (nSPS) is 20.6. The fourth-order valence-corrected chi connectivity index (χ4v) is 5.77. The van der Waals surface area contributed by atoms with E-state index in [2.05, 4.69) is 15.1 Å². The van der Waals surface area contributed by atoms with Crippen LogP contribution in [-0.2, 0) is 24.2 Å². The van der Waals surface area contributed by atoms with Crippen molar-refractivity contribution in [1.29, 1.82) is 0 Å². The van der Waals surface area contributed by atoms with Crippen molar-refractivity contribution in [1.82, 2.24) is 14.8 Å². The lowest BCUT2D eigenvalue weighted by Crippen LogP contribution is -2.26. The SMILES string of the molecule is [C-]#[N+][C@H]1CCCC[C@@H]1n1nc(Nc2ccc3c(c2)CC(C(=O)O)C3)c2c(OCc3ccccc3)nccc21. The van der Waals surface area contributed by atoms with Gasteiger partial charge in [-0.25, -0.2) is 11.6 Å². The molecule has 2 aromatic heterocycles. The number of fused-ring (bicyclic) bond motifs is 2. The van der Waals surface area contributed by atoms with Crippen LogP contribution >= 0.6 is 0 Å². The summed E-state index contributed by atoms with van der Waals surface area (Å²) in [5.41, 5.74) is 4.89. The van der Waals surface area contributed by atoms with Crippen LogP contribution in [0.2, 0.25) is 0 Å². The summed E-state index contributed by atoms with van der Waals surface area (Å²) in [6.45, 7) is 8.16. The minimum Gasteiger partial charge on any atom is -0.481 e. The zero-order valence-corrected chi connectivity index (χ0v) is 21.0. The number of hydrogen-bond acceptors (Lipinski definition) is 5. The summed E-state index contributed by atoms with van der Waals surface area (Å²) in [5, 5.41) is 18.7. The number of carbonyl (C=O) groups is 1. The van der Waals surface area contributed by atoms with Gasteiger partial charge in [-0.1, -0.05) is 42.8 Å². The second-order valence-electron chi connectivity index (χ2n) is 10.2. The number of nitrogens with one attached hydrogen (secondary N) is 1. The Balaban J connectivity index is 1.39. The Bertz CT molecular complexity index is 1520. The van der Waals surface area contributed by atoms with Crippen molar-refractivity contribution < 1.29 is 14.6 Å². The highest BCUT2D eigenvalue weighted by Gasteiger charge is 2.34. The maximum atomic E-state index is 11.5. The third kappa shape index (κ3) is 4.56. The zero-order chi connectivity index (χ0) is 26.1. The number of ether oxygens (including phenoxy) is 1. The van der Waals surface area contributed by atoms with Gasteiger partial charge in [-0.3, -0.25) is 9.48 Å². The molecule has 2 heterocycles. The van der Waals surface area contributed by atoms with Gasteiger partial charge in [0.15, 0.2) is 5.82 Å². The van der Waals surface area contributed by atoms with E-state index in [1.54, 1.807) is 6.20 Å². The van der Waals surface area contributed by atoms with Crippen LogP contribution in [0, 0.1) is 12.5 Å². The predicted molar refractivity (Wildman–Crippen MR) is 144 cm³/mol. The van der Waals surface area contributed by atoms with Crippen LogP contribution in [0.5, 0.6) is 5.88 Å². The van der Waals surface area contributed by atoms with Crippen molar-refractivity contribution in [3.63, 3.8) is 0 Å². The van der Waals surface area contributed by atoms with Crippen molar-refractivity contribution in [3.8, 4) is 5.88 Å². The van der Waals surface area contributed by atoms with Gasteiger partial charge < -0.3 is 20.0 Å². The van der Waals surface area contributed by atoms with Crippen molar-refractivity contribution in [2.24, 2.45) is 5.92 Å². The quantitative estimate of drug-likeness (QED) is 0.300. The topological polar surface area (TPSA) is 93.6 Å². The first-order chi connectivity index (χ1) is 18.6. The molecule has 0 bridgehead atoms. The van der Waals surface area contributed by atoms with E-state index < -0.39 is 5.97 Å². The van der Waals surface area contributed by atoms with Gasteiger partial charge in [0.2, 0.25) is 11.9 Å². The standard InChI is InChI=1S/C30H29N5O3/c1-31-24-9-5-6-10-25(24)35-26-13-14-32-29(38-18-19-7-3-2-4-8-19)27(26)28(34-35)33-23-12-11-20-15-22(30(36)37)16-21(20)17-23/h2-4,7-8,11-14,17,22,24-25H,5-6,9-10,15-16,18H2,(H,33,34)(H,36,37)/t22?,24-,25-/m0/s1. The lowest BCUT2D eigenvalue weighted by molar-refractivity contribution is -0.141. The molecule has 2 aliphatic rings. The van der Waals surface area contributed by atoms with E-state index in [0.29, 0.717) is 31.1 Å². The number of anilines is 2. The Kier molecular flexibility index (Phi) is 6.42. The number of rotatable bonds is 7. The van der Waals surface area contributed by atoms with Crippen molar-refractivity contribution >= 4 is 28.4 Å². The number of aromatic nitrogens is 3. The number of aliphatic carboxylic acids is 1. The Morgan fingerprint density at radius 2 is 1.92 bits per heavy atom. The highest BCUT2D eigenvalue weighted by Crippen LogP contribution is 2.39. The van der Waals surface area contributed by atoms with Gasteiger partial charge in [0.25, 0.3) is 0 Å². The van der Waals surface area contributed by atoms with E-state index in [1.807, 2.05) is 59.3 Å². The molecule has 2 aliphatic carbocycles. The average Bonchev–Trinajstić information content (AvgIpc) is 3.54. The summed E-state index contributed by atoms with van der Waals surface area (Å²) in [5.74, 6) is -0.0199. The largest absolute Gasteiger partial charge is 0.481 e. The number of hydrogen-bond donors (Lipinski definition) is 2. The number of pyridine rings is 1. The Hall–Kier alpha value is -4.38. The fraction of sp³-hybridized carbons (Fsp3) is 0.333. The molecule has 6 rings (SSSR count). The molecule has 0 radical (unpaired) electrons. The smallest absolute Gasteiger partial charge is 0.307 e. The van der Waals surface area contributed by atoms with Gasteiger partial charge in [0, 0.05) is 18.3 Å². The maximum Gasteiger partial charge on any atom is 0.307 e. The molecular formula is C30H29N5O3. The summed E-state index contributed by atoms with van der Waals surface area (Å²) in [6, 6.07) is 17.8. The van der Waals surface area contributed by atoms with E-state index in [9.17, 15) is 9.90 Å². The highest BCUT2D eigenvalue weighted by atomic mass is 16.5. The molecule has 0 amide bonds. The molecule has 0 aliphatic heterocycles. The van der Waals surface area contributed by atoms with Crippen molar-refractivity contribution in [3.05, 3.63) is 88.9 Å². The lowest BCUT2D eigenvalue weighted by atomic mass is 9.91.